The SMILES string of the molecule is CN1CCC[C@H]1[C@@H]1CCCN1C(=O)c1cnc(C2CC2)s1. The number of rotatable bonds is 3. The normalized spacial score (nSPS) is 30.2. The van der Waals surface area contributed by atoms with Gasteiger partial charge in [-0.2, -0.15) is 0 Å². The monoisotopic (exact) mass is 305 g/mol. The van der Waals surface area contributed by atoms with E-state index in [4.69, 9.17) is 0 Å². The largest absolute Gasteiger partial charge is 0.333 e. The highest BCUT2D eigenvalue weighted by molar-refractivity contribution is 7.13. The molecule has 2 aliphatic heterocycles. The summed E-state index contributed by atoms with van der Waals surface area (Å²) >= 11 is 1.63. The molecule has 21 heavy (non-hydrogen) atoms. The van der Waals surface area contributed by atoms with E-state index in [-0.39, 0.29) is 5.91 Å². The van der Waals surface area contributed by atoms with E-state index < -0.39 is 0 Å². The number of aromatic nitrogens is 1. The Kier molecular flexibility index (Phi) is 3.50. The van der Waals surface area contributed by atoms with Crippen LogP contribution in [0.25, 0.3) is 0 Å². The van der Waals surface area contributed by atoms with Gasteiger partial charge in [-0.05, 0) is 52.1 Å². The zero-order valence-corrected chi connectivity index (χ0v) is 13.4. The molecule has 2 atom stereocenters. The van der Waals surface area contributed by atoms with Gasteiger partial charge in [0.2, 0.25) is 0 Å². The van der Waals surface area contributed by atoms with E-state index in [2.05, 4.69) is 21.8 Å². The van der Waals surface area contributed by atoms with Crippen molar-refractivity contribution in [3.8, 4) is 0 Å². The Morgan fingerprint density at radius 1 is 1.19 bits per heavy atom. The highest BCUT2D eigenvalue weighted by atomic mass is 32.1. The molecular formula is C16H23N3OS. The summed E-state index contributed by atoms with van der Waals surface area (Å²) in [6, 6.07) is 0.976. The third kappa shape index (κ3) is 2.50. The maximum absolute atomic E-state index is 12.9. The molecule has 3 aliphatic rings. The summed E-state index contributed by atoms with van der Waals surface area (Å²) in [5.74, 6) is 0.870. The lowest BCUT2D eigenvalue weighted by molar-refractivity contribution is 0.0669. The Balaban J connectivity index is 1.51. The standard InChI is InChI=1S/C16H23N3OS/c1-18-8-2-4-12(18)13-5-3-9-19(13)16(20)14-10-17-15(21-14)11-6-7-11/h10-13H,2-9H2,1H3/t12-,13-/m0/s1. The maximum atomic E-state index is 12.9. The Hall–Kier alpha value is -0.940. The third-order valence-electron chi connectivity index (χ3n) is 5.24. The Labute approximate surface area is 130 Å². The number of amides is 1. The number of hydrogen-bond donors (Lipinski definition) is 0. The molecule has 1 amide bonds. The molecule has 1 aliphatic carbocycles. The van der Waals surface area contributed by atoms with Crippen LogP contribution in [0, 0.1) is 0 Å². The molecule has 3 fully saturated rings. The summed E-state index contributed by atoms with van der Waals surface area (Å²) < 4.78 is 0. The zero-order chi connectivity index (χ0) is 14.4. The van der Waals surface area contributed by atoms with Crippen LogP contribution in [0.2, 0.25) is 0 Å². The van der Waals surface area contributed by atoms with Crippen LogP contribution in [0.15, 0.2) is 6.20 Å². The lowest BCUT2D eigenvalue weighted by Crippen LogP contribution is -2.46. The van der Waals surface area contributed by atoms with Crippen molar-refractivity contribution in [2.75, 3.05) is 20.1 Å². The topological polar surface area (TPSA) is 36.4 Å². The quantitative estimate of drug-likeness (QED) is 0.861. The minimum Gasteiger partial charge on any atom is -0.333 e. The minimum absolute atomic E-state index is 0.224. The summed E-state index contributed by atoms with van der Waals surface area (Å²) in [5, 5.41) is 1.17. The molecule has 0 radical (unpaired) electrons. The van der Waals surface area contributed by atoms with Gasteiger partial charge in [-0.3, -0.25) is 4.79 Å². The lowest BCUT2D eigenvalue weighted by atomic mass is 10.0. The third-order valence-corrected chi connectivity index (χ3v) is 6.39. The summed E-state index contributed by atoms with van der Waals surface area (Å²) in [6.07, 6.45) is 9.13. The molecule has 0 bridgehead atoms. The second-order valence-electron chi connectivity index (χ2n) is 6.74. The van der Waals surface area contributed by atoms with E-state index >= 15 is 0 Å². The average molecular weight is 305 g/mol. The van der Waals surface area contributed by atoms with Crippen LogP contribution in [0.4, 0.5) is 0 Å². The minimum atomic E-state index is 0.224. The van der Waals surface area contributed by atoms with Crippen molar-refractivity contribution in [1.82, 2.24) is 14.8 Å². The van der Waals surface area contributed by atoms with Crippen LogP contribution in [-0.4, -0.2) is 52.9 Å². The van der Waals surface area contributed by atoms with Gasteiger partial charge in [-0.25, -0.2) is 4.98 Å². The van der Waals surface area contributed by atoms with Crippen LogP contribution < -0.4 is 0 Å². The van der Waals surface area contributed by atoms with Gasteiger partial charge in [-0.1, -0.05) is 0 Å². The fourth-order valence-corrected chi connectivity index (χ4v) is 4.96. The Morgan fingerprint density at radius 3 is 2.67 bits per heavy atom. The summed E-state index contributed by atoms with van der Waals surface area (Å²) in [7, 11) is 2.20. The van der Waals surface area contributed by atoms with E-state index in [9.17, 15) is 4.79 Å². The highest BCUT2D eigenvalue weighted by Gasteiger charge is 2.39. The van der Waals surface area contributed by atoms with Crippen LogP contribution in [0.1, 0.15) is 59.1 Å². The smallest absolute Gasteiger partial charge is 0.265 e. The van der Waals surface area contributed by atoms with Crippen LogP contribution in [-0.2, 0) is 0 Å². The summed E-state index contributed by atoms with van der Waals surface area (Å²) in [5.41, 5.74) is 0. The van der Waals surface area contributed by atoms with Crippen molar-refractivity contribution >= 4 is 17.2 Å². The van der Waals surface area contributed by atoms with Crippen molar-refractivity contribution in [3.63, 3.8) is 0 Å². The van der Waals surface area contributed by atoms with Gasteiger partial charge in [0.1, 0.15) is 4.88 Å². The predicted molar refractivity (Wildman–Crippen MR) is 83.8 cm³/mol. The molecule has 4 nitrogen and oxygen atoms in total. The predicted octanol–water partition coefficient (Wildman–Crippen LogP) is 2.72. The first-order chi connectivity index (χ1) is 10.2. The molecule has 1 aromatic heterocycles. The van der Waals surface area contributed by atoms with Gasteiger partial charge in [0, 0.05) is 24.5 Å². The number of nitrogens with zero attached hydrogens (tertiary/aromatic N) is 3. The molecule has 3 heterocycles. The van der Waals surface area contributed by atoms with E-state index in [1.807, 2.05) is 6.20 Å². The van der Waals surface area contributed by atoms with Crippen molar-refractivity contribution in [1.29, 1.82) is 0 Å². The Bertz CT molecular complexity index is 539. The van der Waals surface area contributed by atoms with Gasteiger partial charge in [0.15, 0.2) is 0 Å². The first kappa shape index (κ1) is 13.7. The Morgan fingerprint density at radius 2 is 1.95 bits per heavy atom. The average Bonchev–Trinajstić information content (AvgIpc) is 2.93. The van der Waals surface area contributed by atoms with Crippen LogP contribution in [0.5, 0.6) is 0 Å². The maximum Gasteiger partial charge on any atom is 0.265 e. The van der Waals surface area contributed by atoms with Crippen molar-refractivity contribution in [2.24, 2.45) is 0 Å². The zero-order valence-electron chi connectivity index (χ0n) is 12.6. The molecule has 0 aromatic carbocycles. The molecule has 114 valence electrons. The van der Waals surface area contributed by atoms with Crippen molar-refractivity contribution < 1.29 is 4.79 Å². The lowest BCUT2D eigenvalue weighted by Gasteiger charge is -2.33. The molecule has 1 aromatic rings. The number of carbonyl (C=O) groups excluding carboxylic acids is 1. The highest BCUT2D eigenvalue weighted by Crippen LogP contribution is 2.42. The van der Waals surface area contributed by atoms with Gasteiger partial charge in [0.05, 0.1) is 11.2 Å². The number of thiazole rings is 1. The number of hydrogen-bond acceptors (Lipinski definition) is 4. The van der Waals surface area contributed by atoms with Crippen LogP contribution in [0.3, 0.4) is 0 Å². The first-order valence-electron chi connectivity index (χ1n) is 8.21. The number of likely N-dealkylation sites (tertiary alicyclic amines) is 2. The van der Waals surface area contributed by atoms with Gasteiger partial charge < -0.3 is 9.80 Å². The summed E-state index contributed by atoms with van der Waals surface area (Å²) in [4.78, 5) is 22.8. The van der Waals surface area contributed by atoms with Gasteiger partial charge in [-0.15, -0.1) is 11.3 Å². The van der Waals surface area contributed by atoms with Crippen LogP contribution >= 0.6 is 11.3 Å². The van der Waals surface area contributed by atoms with Gasteiger partial charge in [0.25, 0.3) is 5.91 Å². The molecule has 2 saturated heterocycles. The number of likely N-dealkylation sites (N-methyl/N-ethyl adjacent to an activating group) is 1. The van der Waals surface area contributed by atoms with E-state index in [1.54, 1.807) is 11.3 Å². The fraction of sp³-hybridized carbons (Fsp3) is 0.750. The van der Waals surface area contributed by atoms with E-state index in [0.29, 0.717) is 18.0 Å². The van der Waals surface area contributed by atoms with Gasteiger partial charge >= 0.3 is 0 Å². The number of carbonyl (C=O) groups is 1. The molecular weight excluding hydrogens is 282 g/mol. The fourth-order valence-electron chi connectivity index (χ4n) is 3.91. The molecule has 1 saturated carbocycles. The molecule has 4 rings (SSSR count). The molecule has 5 heteroatoms. The molecule has 0 unspecified atom stereocenters. The van der Waals surface area contributed by atoms with Crippen molar-refractivity contribution in [2.45, 2.75) is 56.5 Å². The second-order valence-corrected chi connectivity index (χ2v) is 7.80. The summed E-state index contributed by atoms with van der Waals surface area (Å²) in [6.45, 7) is 2.10. The molecule has 0 spiro atoms. The first-order valence-corrected chi connectivity index (χ1v) is 9.02. The van der Waals surface area contributed by atoms with E-state index in [1.165, 1.54) is 37.2 Å². The van der Waals surface area contributed by atoms with Crippen molar-refractivity contribution in [3.05, 3.63) is 16.1 Å². The van der Waals surface area contributed by atoms with E-state index in [0.717, 1.165) is 24.3 Å². The second kappa shape index (κ2) is 5.36. The molecule has 0 N–H and O–H groups in total.